The molecule has 2 aliphatic rings. The number of hydrogen-bond acceptors (Lipinski definition) is 2. The van der Waals surface area contributed by atoms with Crippen molar-refractivity contribution in [2.24, 2.45) is 5.92 Å². The molecule has 0 radical (unpaired) electrons. The van der Waals surface area contributed by atoms with Crippen LogP contribution >= 0.6 is 0 Å². The van der Waals surface area contributed by atoms with Crippen molar-refractivity contribution in [2.45, 2.75) is 44.4 Å². The lowest BCUT2D eigenvalue weighted by Crippen LogP contribution is -2.36. The molecule has 1 N–H and O–H groups in total. The Hall–Kier alpha value is -2.56. The predicted octanol–water partition coefficient (Wildman–Crippen LogP) is 5.84. The van der Waals surface area contributed by atoms with Crippen LogP contribution < -0.4 is 4.72 Å². The van der Waals surface area contributed by atoms with Gasteiger partial charge < -0.3 is 0 Å². The SMILES string of the molecule is CC(C)(C)S(=O)N[C@H]1C[C@@H]2CC(=O)C(c3ccccc3)=C2c2cccc3cccc1c23. The summed E-state index contributed by atoms with van der Waals surface area (Å²) in [6, 6.07) is 22.7. The Morgan fingerprint density at radius 1 is 0.935 bits per heavy atom. The maximum Gasteiger partial charge on any atom is 0.164 e. The summed E-state index contributed by atoms with van der Waals surface area (Å²) in [6.45, 7) is 5.96. The zero-order valence-electron chi connectivity index (χ0n) is 18.1. The number of allylic oxidation sites excluding steroid dienone is 2. The molecule has 158 valence electrons. The van der Waals surface area contributed by atoms with E-state index < -0.39 is 11.0 Å². The summed E-state index contributed by atoms with van der Waals surface area (Å²) < 4.78 is 16.1. The molecule has 3 aromatic carbocycles. The first-order valence-corrected chi connectivity index (χ1v) is 12.0. The third-order valence-corrected chi connectivity index (χ3v) is 7.99. The highest BCUT2D eigenvalue weighted by molar-refractivity contribution is 7.84. The standard InChI is InChI=1S/C27H27NO2S/c1-27(2,3)31(30)28-22-15-19-16-23(29)26(18-9-5-4-6-10-18)25(19)21-14-8-12-17-11-7-13-20(22)24(17)21/h4-14,19,22,28H,15-16H2,1-3H3/t19-,22+,31?/m1/s1. The number of carbonyl (C=O) groups is 1. The average Bonchev–Trinajstić information content (AvgIpc) is 3.01. The first-order valence-electron chi connectivity index (χ1n) is 10.9. The Labute approximate surface area is 186 Å². The van der Waals surface area contributed by atoms with Gasteiger partial charge in [0.1, 0.15) is 0 Å². The van der Waals surface area contributed by atoms with E-state index in [0.29, 0.717) is 6.42 Å². The van der Waals surface area contributed by atoms with Gasteiger partial charge in [0.25, 0.3) is 0 Å². The number of hydrogen-bond donors (Lipinski definition) is 1. The van der Waals surface area contributed by atoms with Crippen LogP contribution in [0.5, 0.6) is 0 Å². The molecule has 0 saturated carbocycles. The minimum Gasteiger partial charge on any atom is -0.294 e. The fraction of sp³-hybridized carbons (Fsp3) is 0.296. The van der Waals surface area contributed by atoms with Crippen LogP contribution in [0, 0.1) is 5.92 Å². The highest BCUT2D eigenvalue weighted by atomic mass is 32.2. The van der Waals surface area contributed by atoms with Crippen molar-refractivity contribution >= 4 is 38.7 Å². The Morgan fingerprint density at radius 3 is 2.35 bits per heavy atom. The van der Waals surface area contributed by atoms with Gasteiger partial charge in [-0.25, -0.2) is 8.93 Å². The van der Waals surface area contributed by atoms with E-state index in [2.05, 4.69) is 41.1 Å². The maximum absolute atomic E-state index is 13.2. The van der Waals surface area contributed by atoms with Crippen LogP contribution in [-0.2, 0) is 15.8 Å². The number of Topliss-reactive ketones (excluding diaryl/α,β-unsaturated/α-hetero) is 1. The van der Waals surface area contributed by atoms with Crippen LogP contribution in [0.4, 0.5) is 0 Å². The number of benzene rings is 3. The first kappa shape index (κ1) is 20.3. The van der Waals surface area contributed by atoms with E-state index >= 15 is 0 Å². The molecule has 3 aromatic rings. The number of fused-ring (bicyclic) bond motifs is 2. The van der Waals surface area contributed by atoms with Crippen LogP contribution in [0.25, 0.3) is 21.9 Å². The van der Waals surface area contributed by atoms with Gasteiger partial charge in [0.2, 0.25) is 0 Å². The Bertz CT molecular complexity index is 1230. The molecule has 1 unspecified atom stereocenters. The summed E-state index contributed by atoms with van der Waals surface area (Å²) in [7, 11) is -1.20. The van der Waals surface area contributed by atoms with Crippen LogP contribution in [0.15, 0.2) is 66.7 Å². The van der Waals surface area contributed by atoms with Crippen LogP contribution in [-0.4, -0.2) is 14.7 Å². The van der Waals surface area contributed by atoms with Gasteiger partial charge in [0, 0.05) is 18.0 Å². The summed E-state index contributed by atoms with van der Waals surface area (Å²) in [5.74, 6) is 0.313. The molecule has 0 bridgehead atoms. The van der Waals surface area contributed by atoms with Gasteiger partial charge in [0.15, 0.2) is 5.78 Å². The van der Waals surface area contributed by atoms with Crippen molar-refractivity contribution in [1.82, 2.24) is 4.72 Å². The molecule has 3 nitrogen and oxygen atoms in total. The Kier molecular flexibility index (Phi) is 4.95. The summed E-state index contributed by atoms with van der Waals surface area (Å²) in [6.07, 6.45) is 1.26. The molecular formula is C27H27NO2S. The van der Waals surface area contributed by atoms with Crippen molar-refractivity contribution in [2.75, 3.05) is 0 Å². The van der Waals surface area contributed by atoms with E-state index in [4.69, 9.17) is 0 Å². The zero-order chi connectivity index (χ0) is 21.8. The quantitative estimate of drug-likeness (QED) is 0.569. The molecule has 0 heterocycles. The lowest BCUT2D eigenvalue weighted by molar-refractivity contribution is -0.113. The van der Waals surface area contributed by atoms with Gasteiger partial charge in [-0.3, -0.25) is 4.79 Å². The second-order valence-electron chi connectivity index (χ2n) is 9.52. The third-order valence-electron chi connectivity index (χ3n) is 6.38. The van der Waals surface area contributed by atoms with Crippen LogP contribution in [0.3, 0.4) is 0 Å². The second-order valence-corrected chi connectivity index (χ2v) is 11.5. The molecule has 0 spiro atoms. The largest absolute Gasteiger partial charge is 0.294 e. The molecule has 0 aliphatic heterocycles. The van der Waals surface area contributed by atoms with Crippen LogP contribution in [0.1, 0.15) is 56.3 Å². The first-order chi connectivity index (χ1) is 14.8. The minimum absolute atomic E-state index is 0.0738. The summed E-state index contributed by atoms with van der Waals surface area (Å²) in [4.78, 5) is 13.2. The lowest BCUT2D eigenvalue weighted by atomic mass is 9.89. The smallest absolute Gasteiger partial charge is 0.164 e. The topological polar surface area (TPSA) is 46.2 Å². The second kappa shape index (κ2) is 7.54. The molecule has 0 aromatic heterocycles. The summed E-state index contributed by atoms with van der Waals surface area (Å²) in [5, 5.41) is 2.33. The molecule has 3 atom stereocenters. The zero-order valence-corrected chi connectivity index (χ0v) is 19.0. The molecule has 31 heavy (non-hydrogen) atoms. The van der Waals surface area contributed by atoms with Gasteiger partial charge in [-0.1, -0.05) is 66.7 Å². The highest BCUT2D eigenvalue weighted by Gasteiger charge is 2.39. The van der Waals surface area contributed by atoms with E-state index in [9.17, 15) is 9.00 Å². The Balaban J connectivity index is 1.76. The number of ketones is 1. The van der Waals surface area contributed by atoms with Crippen molar-refractivity contribution in [3.05, 3.63) is 83.4 Å². The normalized spacial score (nSPS) is 21.8. The number of carbonyl (C=O) groups excluding carboxylic acids is 1. The fourth-order valence-corrected chi connectivity index (χ4v) is 5.81. The predicted molar refractivity (Wildman–Crippen MR) is 129 cm³/mol. The third kappa shape index (κ3) is 3.48. The molecule has 0 fully saturated rings. The molecule has 0 amide bonds. The number of rotatable bonds is 3. The highest BCUT2D eigenvalue weighted by Crippen LogP contribution is 2.50. The van der Waals surface area contributed by atoms with Gasteiger partial charge in [-0.05, 0) is 66.1 Å². The monoisotopic (exact) mass is 429 g/mol. The fourth-order valence-electron chi connectivity index (χ4n) is 4.97. The van der Waals surface area contributed by atoms with Crippen molar-refractivity contribution in [3.63, 3.8) is 0 Å². The van der Waals surface area contributed by atoms with Crippen molar-refractivity contribution in [1.29, 1.82) is 0 Å². The van der Waals surface area contributed by atoms with Gasteiger partial charge in [-0.2, -0.15) is 0 Å². The van der Waals surface area contributed by atoms with Crippen molar-refractivity contribution < 1.29 is 9.00 Å². The van der Waals surface area contributed by atoms with Crippen molar-refractivity contribution in [3.8, 4) is 0 Å². The van der Waals surface area contributed by atoms with E-state index in [-0.39, 0.29) is 22.5 Å². The van der Waals surface area contributed by atoms with E-state index in [1.165, 1.54) is 10.9 Å². The van der Waals surface area contributed by atoms with E-state index in [1.807, 2.05) is 51.1 Å². The molecule has 2 aliphatic carbocycles. The lowest BCUT2D eigenvalue weighted by Gasteiger charge is -2.26. The average molecular weight is 430 g/mol. The summed E-state index contributed by atoms with van der Waals surface area (Å²) in [5.41, 5.74) is 5.32. The summed E-state index contributed by atoms with van der Waals surface area (Å²) >= 11 is 0. The van der Waals surface area contributed by atoms with Gasteiger partial charge in [-0.15, -0.1) is 0 Å². The van der Waals surface area contributed by atoms with E-state index in [0.717, 1.165) is 34.1 Å². The number of nitrogens with one attached hydrogen (secondary N) is 1. The molecule has 5 rings (SSSR count). The minimum atomic E-state index is -1.20. The van der Waals surface area contributed by atoms with E-state index in [1.54, 1.807) is 0 Å². The Morgan fingerprint density at radius 2 is 1.65 bits per heavy atom. The maximum atomic E-state index is 13.2. The van der Waals surface area contributed by atoms with Gasteiger partial charge in [0.05, 0.1) is 15.7 Å². The van der Waals surface area contributed by atoms with Crippen LogP contribution in [0.2, 0.25) is 0 Å². The molecule has 0 saturated heterocycles. The molecular weight excluding hydrogens is 402 g/mol. The van der Waals surface area contributed by atoms with Gasteiger partial charge >= 0.3 is 0 Å². The molecule has 4 heteroatoms.